The fourth-order valence-electron chi connectivity index (χ4n) is 3.43. The van der Waals surface area contributed by atoms with E-state index in [0.717, 1.165) is 30.7 Å². The summed E-state index contributed by atoms with van der Waals surface area (Å²) >= 11 is 0. The van der Waals surface area contributed by atoms with Gasteiger partial charge in [0.05, 0.1) is 6.61 Å². The lowest BCUT2D eigenvalue weighted by Gasteiger charge is -2.36. The Bertz CT molecular complexity index is 365. The third kappa shape index (κ3) is 4.52. The third-order valence-electron chi connectivity index (χ3n) is 4.64. The van der Waals surface area contributed by atoms with Crippen molar-refractivity contribution in [1.82, 2.24) is 5.32 Å². The van der Waals surface area contributed by atoms with Gasteiger partial charge in [-0.3, -0.25) is 0 Å². The van der Waals surface area contributed by atoms with Crippen molar-refractivity contribution in [3.63, 3.8) is 0 Å². The number of rotatable bonds is 7. The maximum atomic E-state index is 5.88. The Morgan fingerprint density at radius 2 is 1.95 bits per heavy atom. The van der Waals surface area contributed by atoms with Crippen LogP contribution in [0.15, 0.2) is 30.3 Å². The normalized spacial score (nSPS) is 26.4. The van der Waals surface area contributed by atoms with E-state index in [9.17, 15) is 0 Å². The molecule has 1 N–H and O–H groups in total. The highest BCUT2D eigenvalue weighted by atomic mass is 16.5. The first-order valence-electron chi connectivity index (χ1n) is 8.24. The molecule has 0 bridgehead atoms. The molecule has 20 heavy (non-hydrogen) atoms. The van der Waals surface area contributed by atoms with Gasteiger partial charge in [0.1, 0.15) is 5.75 Å². The topological polar surface area (TPSA) is 21.3 Å². The Hall–Kier alpha value is -1.02. The zero-order valence-corrected chi connectivity index (χ0v) is 13.0. The van der Waals surface area contributed by atoms with Crippen LogP contribution in [0.4, 0.5) is 0 Å². The van der Waals surface area contributed by atoms with Crippen molar-refractivity contribution in [2.45, 2.75) is 52.0 Å². The van der Waals surface area contributed by atoms with Crippen LogP contribution in [-0.2, 0) is 0 Å². The number of ether oxygens (including phenoxy) is 1. The molecule has 1 aliphatic carbocycles. The monoisotopic (exact) mass is 275 g/mol. The Balaban J connectivity index is 1.80. The van der Waals surface area contributed by atoms with E-state index in [4.69, 9.17) is 4.74 Å². The molecule has 0 saturated heterocycles. The minimum atomic E-state index is 0.696. The first kappa shape index (κ1) is 15.4. The summed E-state index contributed by atoms with van der Waals surface area (Å²) in [6.07, 6.45) is 6.59. The van der Waals surface area contributed by atoms with Gasteiger partial charge in [-0.05, 0) is 56.2 Å². The molecule has 0 aliphatic heterocycles. The van der Waals surface area contributed by atoms with Crippen LogP contribution in [-0.4, -0.2) is 19.2 Å². The summed E-state index contributed by atoms with van der Waals surface area (Å²) in [6.45, 7) is 6.46. The third-order valence-corrected chi connectivity index (χ3v) is 4.64. The molecule has 2 rings (SSSR count). The Labute approximate surface area is 123 Å². The number of para-hydroxylation sites is 1. The van der Waals surface area contributed by atoms with Crippen molar-refractivity contribution in [3.05, 3.63) is 30.3 Å². The van der Waals surface area contributed by atoms with E-state index in [0.29, 0.717) is 6.04 Å². The highest BCUT2D eigenvalue weighted by Gasteiger charge is 2.28. The fourth-order valence-corrected chi connectivity index (χ4v) is 3.43. The molecule has 1 saturated carbocycles. The van der Waals surface area contributed by atoms with E-state index >= 15 is 0 Å². The van der Waals surface area contributed by atoms with E-state index in [2.05, 4.69) is 19.2 Å². The van der Waals surface area contributed by atoms with Gasteiger partial charge in [0.2, 0.25) is 0 Å². The summed E-state index contributed by atoms with van der Waals surface area (Å²) in [5.74, 6) is 2.69. The van der Waals surface area contributed by atoms with Gasteiger partial charge in [-0.15, -0.1) is 0 Å². The number of benzene rings is 1. The van der Waals surface area contributed by atoms with Crippen molar-refractivity contribution >= 4 is 0 Å². The molecular formula is C18H29NO. The number of hydrogen-bond donors (Lipinski definition) is 1. The predicted octanol–water partition coefficient (Wildman–Crippen LogP) is 4.26. The summed E-state index contributed by atoms with van der Waals surface area (Å²) in [5, 5.41) is 3.67. The van der Waals surface area contributed by atoms with Crippen LogP contribution in [0.2, 0.25) is 0 Å². The van der Waals surface area contributed by atoms with E-state index in [1.807, 2.05) is 30.3 Å². The van der Waals surface area contributed by atoms with Crippen LogP contribution in [0.25, 0.3) is 0 Å². The van der Waals surface area contributed by atoms with Gasteiger partial charge in [-0.1, -0.05) is 38.5 Å². The molecule has 2 heteroatoms. The molecule has 1 aromatic carbocycles. The van der Waals surface area contributed by atoms with Gasteiger partial charge in [0.15, 0.2) is 0 Å². The van der Waals surface area contributed by atoms with E-state index in [-0.39, 0.29) is 0 Å². The second kappa shape index (κ2) is 8.31. The molecule has 0 aromatic heterocycles. The number of hydrogen-bond acceptors (Lipinski definition) is 2. The highest BCUT2D eigenvalue weighted by molar-refractivity contribution is 5.20. The van der Waals surface area contributed by atoms with Gasteiger partial charge in [-0.2, -0.15) is 0 Å². The van der Waals surface area contributed by atoms with E-state index in [1.165, 1.54) is 32.1 Å². The smallest absolute Gasteiger partial charge is 0.119 e. The van der Waals surface area contributed by atoms with Crippen LogP contribution in [0.3, 0.4) is 0 Å². The highest BCUT2D eigenvalue weighted by Crippen LogP contribution is 2.33. The summed E-state index contributed by atoms with van der Waals surface area (Å²) in [4.78, 5) is 0. The Kier molecular flexibility index (Phi) is 6.38. The largest absolute Gasteiger partial charge is 0.494 e. The van der Waals surface area contributed by atoms with Crippen molar-refractivity contribution in [2.75, 3.05) is 13.2 Å². The molecule has 2 nitrogen and oxygen atoms in total. The quantitative estimate of drug-likeness (QED) is 0.803. The second-order valence-electron chi connectivity index (χ2n) is 5.96. The first-order chi connectivity index (χ1) is 9.83. The van der Waals surface area contributed by atoms with Crippen LogP contribution in [0.1, 0.15) is 46.0 Å². The summed E-state index contributed by atoms with van der Waals surface area (Å²) < 4.78 is 5.88. The van der Waals surface area contributed by atoms with Crippen molar-refractivity contribution in [1.29, 1.82) is 0 Å². The molecule has 112 valence electrons. The van der Waals surface area contributed by atoms with Crippen molar-refractivity contribution in [3.8, 4) is 5.75 Å². The van der Waals surface area contributed by atoms with Crippen LogP contribution in [0.5, 0.6) is 5.75 Å². The lowest BCUT2D eigenvalue weighted by molar-refractivity contribution is 0.165. The predicted molar refractivity (Wildman–Crippen MR) is 85.1 cm³/mol. The first-order valence-corrected chi connectivity index (χ1v) is 8.24. The maximum absolute atomic E-state index is 5.88. The molecular weight excluding hydrogens is 246 g/mol. The minimum absolute atomic E-state index is 0.696. The van der Waals surface area contributed by atoms with Crippen molar-refractivity contribution < 1.29 is 4.74 Å². The molecule has 1 aliphatic rings. The lowest BCUT2D eigenvalue weighted by Crippen LogP contribution is -2.41. The SMILES string of the molecule is CCNC1CCC(CC)CC1CCOc1ccccc1. The Morgan fingerprint density at radius 1 is 1.15 bits per heavy atom. The van der Waals surface area contributed by atoms with Crippen LogP contribution in [0, 0.1) is 11.8 Å². The zero-order chi connectivity index (χ0) is 14.2. The molecule has 0 heterocycles. The summed E-state index contributed by atoms with van der Waals surface area (Å²) in [6, 6.07) is 10.9. The molecule has 1 aromatic rings. The van der Waals surface area contributed by atoms with E-state index < -0.39 is 0 Å². The molecule has 0 radical (unpaired) electrons. The molecule has 1 fully saturated rings. The van der Waals surface area contributed by atoms with Gasteiger partial charge in [0, 0.05) is 6.04 Å². The second-order valence-corrected chi connectivity index (χ2v) is 5.96. The minimum Gasteiger partial charge on any atom is -0.494 e. The summed E-state index contributed by atoms with van der Waals surface area (Å²) in [5.41, 5.74) is 0. The van der Waals surface area contributed by atoms with Crippen LogP contribution < -0.4 is 10.1 Å². The lowest BCUT2D eigenvalue weighted by atomic mass is 9.75. The molecule has 0 spiro atoms. The fraction of sp³-hybridized carbons (Fsp3) is 0.667. The van der Waals surface area contributed by atoms with Gasteiger partial charge >= 0.3 is 0 Å². The standard InChI is InChI=1S/C18H29NO/c1-3-15-10-11-18(19-4-2)16(14-15)12-13-20-17-8-6-5-7-9-17/h5-9,15-16,18-19H,3-4,10-14H2,1-2H3. The molecule has 3 atom stereocenters. The number of nitrogens with one attached hydrogen (secondary N) is 1. The van der Waals surface area contributed by atoms with Crippen LogP contribution >= 0.6 is 0 Å². The maximum Gasteiger partial charge on any atom is 0.119 e. The average Bonchev–Trinajstić information content (AvgIpc) is 2.50. The summed E-state index contributed by atoms with van der Waals surface area (Å²) in [7, 11) is 0. The van der Waals surface area contributed by atoms with Gasteiger partial charge < -0.3 is 10.1 Å². The zero-order valence-electron chi connectivity index (χ0n) is 13.0. The Morgan fingerprint density at radius 3 is 2.65 bits per heavy atom. The van der Waals surface area contributed by atoms with Crippen molar-refractivity contribution in [2.24, 2.45) is 11.8 Å². The molecule has 0 amide bonds. The van der Waals surface area contributed by atoms with Gasteiger partial charge in [-0.25, -0.2) is 0 Å². The van der Waals surface area contributed by atoms with E-state index in [1.54, 1.807) is 0 Å². The van der Waals surface area contributed by atoms with Gasteiger partial charge in [0.25, 0.3) is 0 Å². The molecule has 3 unspecified atom stereocenters. The average molecular weight is 275 g/mol.